The number of amides is 1. The summed E-state index contributed by atoms with van der Waals surface area (Å²) in [7, 11) is 0. The number of aromatic nitrogens is 2. The molecule has 1 aliphatic heterocycles. The van der Waals surface area contributed by atoms with E-state index >= 15 is 0 Å². The minimum absolute atomic E-state index is 0.00281. The van der Waals surface area contributed by atoms with Crippen molar-refractivity contribution in [3.8, 4) is 5.75 Å². The molecule has 38 heavy (non-hydrogen) atoms. The number of nitrogens with two attached hydrogens (primary N) is 1. The topological polar surface area (TPSA) is 128 Å². The van der Waals surface area contributed by atoms with Gasteiger partial charge in [0.05, 0.1) is 24.1 Å². The van der Waals surface area contributed by atoms with Crippen LogP contribution in [0, 0.1) is 0 Å². The quantitative estimate of drug-likeness (QED) is 0.346. The molecule has 1 aliphatic rings. The van der Waals surface area contributed by atoms with Crippen LogP contribution in [-0.4, -0.2) is 57.0 Å². The molecule has 208 valence electrons. The van der Waals surface area contributed by atoms with Gasteiger partial charge in [0, 0.05) is 11.7 Å². The van der Waals surface area contributed by atoms with Gasteiger partial charge in [0.2, 0.25) is 0 Å². The summed E-state index contributed by atoms with van der Waals surface area (Å²) in [6.45, 7) is 6.99. The van der Waals surface area contributed by atoms with E-state index in [0.29, 0.717) is 5.75 Å². The van der Waals surface area contributed by atoms with Gasteiger partial charge in [-0.3, -0.25) is 4.90 Å². The summed E-state index contributed by atoms with van der Waals surface area (Å²) >= 11 is 1.53. The molecule has 1 aromatic carbocycles. The Kier molecular flexibility index (Phi) is 8.51. The number of thioether (sulfide) groups is 1. The maximum absolute atomic E-state index is 13.6. The number of carbonyl (C=O) groups is 2. The Labute approximate surface area is 222 Å². The number of halogens is 3. The number of fused-ring (bicyclic) bond motifs is 1. The second-order valence-electron chi connectivity index (χ2n) is 9.89. The fourth-order valence-electron chi connectivity index (χ4n) is 4.20. The van der Waals surface area contributed by atoms with Gasteiger partial charge in [-0.25, -0.2) is 19.6 Å². The highest BCUT2D eigenvalue weighted by atomic mass is 32.2. The molecule has 2 heterocycles. The first kappa shape index (κ1) is 29.5. The van der Waals surface area contributed by atoms with Crippen molar-refractivity contribution < 1.29 is 37.3 Å². The molecule has 0 saturated carbocycles. The lowest BCUT2D eigenvalue weighted by molar-refractivity contribution is -0.137. The molecular formula is C25H31F3N4O5S. The molecule has 0 aliphatic carbocycles. The number of alkyl halides is 3. The zero-order valence-electron chi connectivity index (χ0n) is 21.8. The van der Waals surface area contributed by atoms with Gasteiger partial charge in [-0.2, -0.15) is 24.9 Å². The molecular weight excluding hydrogens is 525 g/mol. The number of hydrogen-bond acceptors (Lipinski definition) is 8. The van der Waals surface area contributed by atoms with Crippen LogP contribution in [0.25, 0.3) is 0 Å². The molecule has 2 aromatic rings. The SMILES string of the molecule is CC[C@]1(N)C[C@H](c2ncc(OCCSC)c(C(=O)OC(C)(C)C)n2)c2cc(C(F)(F)F)ccc2N1C(=O)O. The second kappa shape index (κ2) is 11.0. The van der Waals surface area contributed by atoms with Crippen molar-refractivity contribution in [1.29, 1.82) is 0 Å². The molecule has 1 amide bonds. The summed E-state index contributed by atoms with van der Waals surface area (Å²) < 4.78 is 52.0. The third-order valence-corrected chi connectivity index (χ3v) is 6.58. The Morgan fingerprint density at radius 3 is 2.53 bits per heavy atom. The molecule has 0 spiro atoms. The van der Waals surface area contributed by atoms with Crippen LogP contribution in [0.2, 0.25) is 0 Å². The average Bonchev–Trinajstić information content (AvgIpc) is 2.81. The van der Waals surface area contributed by atoms with Gasteiger partial charge in [-0.1, -0.05) is 6.92 Å². The number of carboxylic acid groups (broad SMARTS) is 1. The third-order valence-electron chi connectivity index (χ3n) is 6.00. The summed E-state index contributed by atoms with van der Waals surface area (Å²) in [5, 5.41) is 9.91. The molecule has 9 nitrogen and oxygen atoms in total. The van der Waals surface area contributed by atoms with Crippen molar-refractivity contribution in [2.45, 2.75) is 63.9 Å². The van der Waals surface area contributed by atoms with Gasteiger partial charge in [0.15, 0.2) is 11.4 Å². The minimum Gasteiger partial charge on any atom is -0.489 e. The van der Waals surface area contributed by atoms with Crippen LogP contribution < -0.4 is 15.4 Å². The van der Waals surface area contributed by atoms with Gasteiger partial charge in [0.1, 0.15) is 17.1 Å². The van der Waals surface area contributed by atoms with E-state index < -0.39 is 41.0 Å². The Hall–Kier alpha value is -3.06. The molecule has 0 radical (unpaired) electrons. The second-order valence-corrected chi connectivity index (χ2v) is 10.9. The Morgan fingerprint density at radius 1 is 1.29 bits per heavy atom. The van der Waals surface area contributed by atoms with Gasteiger partial charge < -0.3 is 20.3 Å². The van der Waals surface area contributed by atoms with E-state index in [4.69, 9.17) is 15.2 Å². The maximum Gasteiger partial charge on any atom is 0.416 e. The highest BCUT2D eigenvalue weighted by Crippen LogP contribution is 2.47. The zero-order valence-corrected chi connectivity index (χ0v) is 22.6. The van der Waals surface area contributed by atoms with Crippen molar-refractivity contribution >= 4 is 29.5 Å². The predicted octanol–water partition coefficient (Wildman–Crippen LogP) is 5.28. The lowest BCUT2D eigenvalue weighted by Gasteiger charge is -2.46. The standard InChI is InChI=1S/C25H31F3N4O5S/c1-6-24(29)12-16(15-11-14(25(26,27)28)7-8-17(15)32(24)22(34)35)20-30-13-18(36-9-10-38-5)19(31-20)21(33)37-23(2,3)4/h7-8,11,13,16H,6,9-10,12,29H2,1-5H3,(H,34,35)/t16-,24+/m0/s1. The molecule has 0 bridgehead atoms. The molecule has 2 atom stereocenters. The Balaban J connectivity index is 2.21. The number of carbonyl (C=O) groups excluding carboxylic acids is 1. The first-order valence-electron chi connectivity index (χ1n) is 11.9. The maximum atomic E-state index is 13.6. The molecule has 13 heteroatoms. The summed E-state index contributed by atoms with van der Waals surface area (Å²) in [5.41, 5.74) is 3.07. The first-order chi connectivity index (χ1) is 17.6. The van der Waals surface area contributed by atoms with Gasteiger partial charge in [-0.05, 0) is 63.6 Å². The summed E-state index contributed by atoms with van der Waals surface area (Å²) in [6, 6.07) is 2.78. The fourth-order valence-corrected chi connectivity index (χ4v) is 4.45. The van der Waals surface area contributed by atoms with Gasteiger partial charge >= 0.3 is 18.2 Å². The molecule has 0 fully saturated rings. The Morgan fingerprint density at radius 2 is 1.97 bits per heavy atom. The number of rotatable bonds is 7. The minimum atomic E-state index is -4.67. The van der Waals surface area contributed by atoms with E-state index in [-0.39, 0.29) is 48.0 Å². The molecule has 3 rings (SSSR count). The van der Waals surface area contributed by atoms with E-state index in [1.165, 1.54) is 18.0 Å². The largest absolute Gasteiger partial charge is 0.489 e. The summed E-state index contributed by atoms with van der Waals surface area (Å²) in [6.07, 6.45) is -2.87. The lowest BCUT2D eigenvalue weighted by atomic mass is 9.80. The van der Waals surface area contributed by atoms with Crippen LogP contribution in [0.5, 0.6) is 5.75 Å². The van der Waals surface area contributed by atoms with E-state index in [1.807, 2.05) is 6.26 Å². The summed E-state index contributed by atoms with van der Waals surface area (Å²) in [4.78, 5) is 34.8. The van der Waals surface area contributed by atoms with Crippen LogP contribution in [0.15, 0.2) is 24.4 Å². The zero-order chi connectivity index (χ0) is 28.5. The lowest BCUT2D eigenvalue weighted by Crippen LogP contribution is -2.61. The van der Waals surface area contributed by atoms with Crippen molar-refractivity contribution in [3.05, 3.63) is 47.0 Å². The molecule has 3 N–H and O–H groups in total. The van der Waals surface area contributed by atoms with Crippen molar-refractivity contribution in [3.63, 3.8) is 0 Å². The summed E-state index contributed by atoms with van der Waals surface area (Å²) in [5.74, 6) is -1.05. The number of nitrogens with zero attached hydrogens (tertiary/aromatic N) is 3. The number of anilines is 1. The van der Waals surface area contributed by atoms with E-state index in [9.17, 15) is 27.9 Å². The van der Waals surface area contributed by atoms with Crippen molar-refractivity contribution in [2.75, 3.05) is 23.5 Å². The first-order valence-corrected chi connectivity index (χ1v) is 13.3. The highest BCUT2D eigenvalue weighted by molar-refractivity contribution is 7.98. The Bertz CT molecular complexity index is 1200. The van der Waals surface area contributed by atoms with E-state index in [0.717, 1.165) is 23.1 Å². The van der Waals surface area contributed by atoms with Crippen molar-refractivity contribution in [2.24, 2.45) is 5.73 Å². The fraction of sp³-hybridized carbons (Fsp3) is 0.520. The number of hydrogen-bond donors (Lipinski definition) is 2. The smallest absolute Gasteiger partial charge is 0.416 e. The molecule has 0 unspecified atom stereocenters. The van der Waals surface area contributed by atoms with Gasteiger partial charge in [-0.15, -0.1) is 0 Å². The predicted molar refractivity (Wildman–Crippen MR) is 137 cm³/mol. The van der Waals surface area contributed by atoms with Crippen LogP contribution in [-0.2, 0) is 10.9 Å². The monoisotopic (exact) mass is 556 g/mol. The normalized spacial score (nSPS) is 19.6. The van der Waals surface area contributed by atoms with Crippen molar-refractivity contribution in [1.82, 2.24) is 9.97 Å². The number of ether oxygens (including phenoxy) is 2. The molecule has 0 saturated heterocycles. The average molecular weight is 557 g/mol. The van der Waals surface area contributed by atoms with Crippen LogP contribution in [0.1, 0.15) is 73.9 Å². The highest BCUT2D eigenvalue weighted by Gasteiger charge is 2.47. The van der Waals surface area contributed by atoms with Crippen LogP contribution in [0.3, 0.4) is 0 Å². The van der Waals surface area contributed by atoms with Crippen LogP contribution >= 0.6 is 11.8 Å². The van der Waals surface area contributed by atoms with Gasteiger partial charge in [0.25, 0.3) is 0 Å². The molecule has 1 aromatic heterocycles. The van der Waals surface area contributed by atoms with Crippen LogP contribution in [0.4, 0.5) is 23.7 Å². The van der Waals surface area contributed by atoms with E-state index in [1.54, 1.807) is 27.7 Å². The van der Waals surface area contributed by atoms with E-state index in [2.05, 4.69) is 9.97 Å². The number of benzene rings is 1. The number of esters is 1. The third kappa shape index (κ3) is 6.32.